The fourth-order valence-electron chi connectivity index (χ4n) is 0.870. The predicted molar refractivity (Wildman–Crippen MR) is 45.2 cm³/mol. The molecule has 0 N–H and O–H groups in total. The Bertz CT molecular complexity index is 330. The monoisotopic (exact) mass is 181 g/mol. The van der Waals surface area contributed by atoms with Gasteiger partial charge in [-0.05, 0) is 0 Å². The van der Waals surface area contributed by atoms with E-state index in [0.29, 0.717) is 6.42 Å². The molecule has 0 aliphatic carbocycles. The molecule has 0 amide bonds. The molecule has 13 heavy (non-hydrogen) atoms. The number of ketones is 2. The maximum absolute atomic E-state index is 11.3. The number of nitrogens with zero attached hydrogens (tertiary/aromatic N) is 3. The molecule has 0 saturated carbocycles. The van der Waals surface area contributed by atoms with E-state index in [1.54, 1.807) is 14.0 Å². The van der Waals surface area contributed by atoms with Crippen LogP contribution in [0.3, 0.4) is 0 Å². The van der Waals surface area contributed by atoms with Gasteiger partial charge in [-0.25, -0.2) is 0 Å². The fraction of sp³-hybridized carbons (Fsp3) is 0.500. The van der Waals surface area contributed by atoms with Crippen LogP contribution in [0.4, 0.5) is 0 Å². The molecule has 0 fully saturated rings. The highest BCUT2D eigenvalue weighted by Gasteiger charge is 2.13. The van der Waals surface area contributed by atoms with E-state index >= 15 is 0 Å². The molecule has 5 nitrogen and oxygen atoms in total. The lowest BCUT2D eigenvalue weighted by molar-refractivity contribution is -0.117. The van der Waals surface area contributed by atoms with Crippen molar-refractivity contribution in [2.45, 2.75) is 19.8 Å². The summed E-state index contributed by atoms with van der Waals surface area (Å²) in [5.41, 5.74) is 0.254. The minimum atomic E-state index is -0.264. The Labute approximate surface area is 75.7 Å². The van der Waals surface area contributed by atoms with Crippen molar-refractivity contribution >= 4 is 11.6 Å². The lowest BCUT2D eigenvalue weighted by Gasteiger charge is -1.92. The summed E-state index contributed by atoms with van der Waals surface area (Å²) in [6, 6.07) is 0. The molecule has 0 aliphatic heterocycles. The van der Waals surface area contributed by atoms with Gasteiger partial charge < -0.3 is 0 Å². The van der Waals surface area contributed by atoms with Crippen molar-refractivity contribution in [1.29, 1.82) is 0 Å². The van der Waals surface area contributed by atoms with E-state index in [2.05, 4.69) is 10.3 Å². The zero-order chi connectivity index (χ0) is 9.84. The smallest absolute Gasteiger partial charge is 0.192 e. The van der Waals surface area contributed by atoms with Crippen molar-refractivity contribution in [2.24, 2.45) is 7.05 Å². The fourth-order valence-corrected chi connectivity index (χ4v) is 0.870. The lowest BCUT2D eigenvalue weighted by atomic mass is 10.1. The number of Topliss-reactive ketones (excluding diaryl/α,β-unsaturated/α-hetero) is 2. The second kappa shape index (κ2) is 3.93. The number of aryl methyl sites for hydroxylation is 1. The minimum Gasteiger partial charge on any atom is -0.299 e. The molecule has 1 aromatic rings. The highest BCUT2D eigenvalue weighted by Crippen LogP contribution is 1.99. The zero-order valence-corrected chi connectivity index (χ0v) is 7.65. The summed E-state index contributed by atoms with van der Waals surface area (Å²) in [5.74, 6) is -0.337. The quantitative estimate of drug-likeness (QED) is 0.497. The summed E-state index contributed by atoms with van der Waals surface area (Å²) in [7, 11) is 1.67. The Morgan fingerprint density at radius 1 is 1.54 bits per heavy atom. The first kappa shape index (κ1) is 9.57. The molecule has 0 atom stereocenters. The van der Waals surface area contributed by atoms with Crippen LogP contribution in [0.5, 0.6) is 0 Å². The van der Waals surface area contributed by atoms with Crippen LogP contribution in [0.2, 0.25) is 0 Å². The first-order chi connectivity index (χ1) is 6.13. The first-order valence-corrected chi connectivity index (χ1v) is 4.04. The van der Waals surface area contributed by atoms with Gasteiger partial charge in [-0.3, -0.25) is 14.3 Å². The Morgan fingerprint density at radius 2 is 2.23 bits per heavy atom. The maximum atomic E-state index is 11.3. The Morgan fingerprint density at radius 3 is 2.69 bits per heavy atom. The number of hydrogen-bond donors (Lipinski definition) is 0. The molecule has 0 bridgehead atoms. The average molecular weight is 181 g/mol. The topological polar surface area (TPSA) is 64.8 Å². The molecule has 0 spiro atoms. The molecule has 0 radical (unpaired) electrons. The van der Waals surface area contributed by atoms with E-state index in [9.17, 15) is 9.59 Å². The third kappa shape index (κ3) is 2.47. The molecule has 5 heteroatoms. The summed E-state index contributed by atoms with van der Waals surface area (Å²) in [5, 5.41) is 7.22. The number of carbonyl (C=O) groups is 2. The molecular formula is C8H11N3O2. The third-order valence-corrected chi connectivity index (χ3v) is 1.64. The van der Waals surface area contributed by atoms with Gasteiger partial charge in [0.25, 0.3) is 0 Å². The number of carbonyl (C=O) groups excluding carboxylic acids is 2. The standard InChI is InChI=1S/C8H11N3O2/c1-3-6(12)4-8(13)7-5-11(2)10-9-7/h5H,3-4H2,1-2H3. The summed E-state index contributed by atoms with van der Waals surface area (Å²) in [4.78, 5) is 22.2. The van der Waals surface area contributed by atoms with Crippen molar-refractivity contribution in [3.63, 3.8) is 0 Å². The molecule has 1 heterocycles. The van der Waals surface area contributed by atoms with E-state index < -0.39 is 0 Å². The van der Waals surface area contributed by atoms with Gasteiger partial charge in [0.15, 0.2) is 5.78 Å². The van der Waals surface area contributed by atoms with E-state index in [-0.39, 0.29) is 23.7 Å². The third-order valence-electron chi connectivity index (χ3n) is 1.64. The summed E-state index contributed by atoms with van der Waals surface area (Å²) in [6.07, 6.45) is 1.81. The largest absolute Gasteiger partial charge is 0.299 e. The van der Waals surface area contributed by atoms with E-state index in [0.717, 1.165) is 0 Å². The summed E-state index contributed by atoms with van der Waals surface area (Å²) < 4.78 is 1.43. The van der Waals surface area contributed by atoms with Crippen molar-refractivity contribution in [3.05, 3.63) is 11.9 Å². The van der Waals surface area contributed by atoms with Crippen LogP contribution in [-0.4, -0.2) is 26.6 Å². The maximum Gasteiger partial charge on any atom is 0.192 e. The normalized spacial score (nSPS) is 10.0. The van der Waals surface area contributed by atoms with Crippen LogP contribution >= 0.6 is 0 Å². The van der Waals surface area contributed by atoms with Gasteiger partial charge in [-0.1, -0.05) is 12.1 Å². The van der Waals surface area contributed by atoms with Gasteiger partial charge in [0, 0.05) is 13.5 Å². The highest BCUT2D eigenvalue weighted by atomic mass is 16.1. The Hall–Kier alpha value is -1.52. The van der Waals surface area contributed by atoms with Crippen LogP contribution in [0.15, 0.2) is 6.20 Å². The van der Waals surface area contributed by atoms with Crippen molar-refractivity contribution < 1.29 is 9.59 Å². The first-order valence-electron chi connectivity index (χ1n) is 4.04. The molecule has 1 rings (SSSR count). The minimum absolute atomic E-state index is 0.0735. The molecule has 0 aromatic carbocycles. The van der Waals surface area contributed by atoms with Crippen LogP contribution in [0.25, 0.3) is 0 Å². The van der Waals surface area contributed by atoms with Crippen LogP contribution < -0.4 is 0 Å². The molecule has 0 aliphatic rings. The van der Waals surface area contributed by atoms with Crippen LogP contribution in [0, 0.1) is 0 Å². The SMILES string of the molecule is CCC(=O)CC(=O)c1cn(C)nn1. The van der Waals surface area contributed by atoms with Crippen molar-refractivity contribution in [2.75, 3.05) is 0 Å². The van der Waals surface area contributed by atoms with Gasteiger partial charge in [0.05, 0.1) is 12.6 Å². The lowest BCUT2D eigenvalue weighted by Crippen LogP contribution is -2.07. The second-order valence-corrected chi connectivity index (χ2v) is 2.77. The van der Waals surface area contributed by atoms with Crippen LogP contribution in [-0.2, 0) is 11.8 Å². The van der Waals surface area contributed by atoms with E-state index in [1.165, 1.54) is 10.9 Å². The van der Waals surface area contributed by atoms with Gasteiger partial charge in [0.2, 0.25) is 0 Å². The number of hydrogen-bond acceptors (Lipinski definition) is 4. The van der Waals surface area contributed by atoms with E-state index in [4.69, 9.17) is 0 Å². The predicted octanol–water partition coefficient (Wildman–Crippen LogP) is 0.367. The van der Waals surface area contributed by atoms with Gasteiger partial charge in [-0.2, -0.15) is 0 Å². The molecule has 0 saturated heterocycles. The second-order valence-electron chi connectivity index (χ2n) is 2.77. The number of rotatable bonds is 4. The average Bonchev–Trinajstić information content (AvgIpc) is 2.51. The van der Waals surface area contributed by atoms with Gasteiger partial charge in [-0.15, -0.1) is 5.10 Å². The van der Waals surface area contributed by atoms with Crippen molar-refractivity contribution in [3.8, 4) is 0 Å². The molecule has 70 valence electrons. The van der Waals surface area contributed by atoms with Crippen molar-refractivity contribution in [1.82, 2.24) is 15.0 Å². The molecule has 0 unspecified atom stereocenters. The van der Waals surface area contributed by atoms with Gasteiger partial charge in [0.1, 0.15) is 11.5 Å². The summed E-state index contributed by atoms with van der Waals surface area (Å²) in [6.45, 7) is 1.73. The van der Waals surface area contributed by atoms with E-state index in [1.807, 2.05) is 0 Å². The number of aromatic nitrogens is 3. The molecule has 1 aromatic heterocycles. The molecular weight excluding hydrogens is 170 g/mol. The van der Waals surface area contributed by atoms with Gasteiger partial charge >= 0.3 is 0 Å². The summed E-state index contributed by atoms with van der Waals surface area (Å²) >= 11 is 0. The Balaban J connectivity index is 2.64. The Kier molecular flexibility index (Phi) is 2.89. The van der Waals surface area contributed by atoms with Crippen LogP contribution in [0.1, 0.15) is 30.3 Å². The highest BCUT2D eigenvalue weighted by molar-refractivity contribution is 6.06. The zero-order valence-electron chi connectivity index (χ0n) is 7.65.